The van der Waals surface area contributed by atoms with Gasteiger partial charge in [-0.3, -0.25) is 0 Å². The molecule has 0 bridgehead atoms. The van der Waals surface area contributed by atoms with E-state index in [0.717, 1.165) is 11.1 Å². The van der Waals surface area contributed by atoms with Crippen molar-refractivity contribution in [1.29, 1.82) is 0 Å². The predicted molar refractivity (Wildman–Crippen MR) is 84.9 cm³/mol. The molecule has 0 radical (unpaired) electrons. The zero-order valence-electron chi connectivity index (χ0n) is 12.0. The van der Waals surface area contributed by atoms with Crippen molar-refractivity contribution in [1.82, 2.24) is 15.0 Å². The third kappa shape index (κ3) is 4.28. The van der Waals surface area contributed by atoms with Crippen molar-refractivity contribution in [2.75, 3.05) is 11.9 Å². The van der Waals surface area contributed by atoms with Crippen LogP contribution in [0.25, 0.3) is 0 Å². The monoisotopic (exact) mass is 371 g/mol. The Morgan fingerprint density at radius 1 is 1.05 bits per heavy atom. The van der Waals surface area contributed by atoms with Gasteiger partial charge < -0.3 is 9.47 Å². The Bertz CT molecular complexity index is 629. The number of ether oxygens (including phenoxy) is 2. The highest BCUT2D eigenvalue weighted by molar-refractivity contribution is 9.09. The maximum atomic E-state index is 5.87. The molecule has 0 spiro atoms. The second kappa shape index (κ2) is 7.04. The standard InChI is InChI=1S/C14H15BrClN3O2/c1-8-6-9(2)11(10(3)7-8)21-14-18-12(16)17-13(19-14)20-5-4-15/h6-7H,4-5H2,1-3H3. The Morgan fingerprint density at radius 2 is 1.67 bits per heavy atom. The lowest BCUT2D eigenvalue weighted by Gasteiger charge is -2.12. The number of aromatic nitrogens is 3. The topological polar surface area (TPSA) is 57.1 Å². The predicted octanol–water partition coefficient (Wildman–Crippen LogP) is 4.02. The fraction of sp³-hybridized carbons (Fsp3) is 0.357. The molecular formula is C14H15BrClN3O2. The average molecular weight is 373 g/mol. The van der Waals surface area contributed by atoms with Gasteiger partial charge in [-0.2, -0.15) is 9.97 Å². The van der Waals surface area contributed by atoms with Crippen LogP contribution in [0, 0.1) is 20.8 Å². The molecule has 0 fully saturated rings. The van der Waals surface area contributed by atoms with E-state index in [1.165, 1.54) is 5.56 Å². The first-order valence-electron chi connectivity index (χ1n) is 6.35. The smallest absolute Gasteiger partial charge is 0.329 e. The number of nitrogens with zero attached hydrogens (tertiary/aromatic N) is 3. The van der Waals surface area contributed by atoms with E-state index < -0.39 is 0 Å². The van der Waals surface area contributed by atoms with Gasteiger partial charge in [0.25, 0.3) is 0 Å². The van der Waals surface area contributed by atoms with E-state index in [4.69, 9.17) is 21.1 Å². The van der Waals surface area contributed by atoms with Gasteiger partial charge in [0, 0.05) is 5.33 Å². The van der Waals surface area contributed by atoms with Crippen molar-refractivity contribution >= 4 is 27.5 Å². The van der Waals surface area contributed by atoms with Gasteiger partial charge >= 0.3 is 12.0 Å². The quantitative estimate of drug-likeness (QED) is 0.742. The summed E-state index contributed by atoms with van der Waals surface area (Å²) < 4.78 is 11.1. The van der Waals surface area contributed by atoms with Crippen LogP contribution in [0.4, 0.5) is 0 Å². The summed E-state index contributed by atoms with van der Waals surface area (Å²) in [6, 6.07) is 4.34. The van der Waals surface area contributed by atoms with Crippen LogP contribution in [-0.4, -0.2) is 26.9 Å². The summed E-state index contributed by atoms with van der Waals surface area (Å²) >= 11 is 9.13. The summed E-state index contributed by atoms with van der Waals surface area (Å²) in [4.78, 5) is 12.0. The van der Waals surface area contributed by atoms with Crippen molar-refractivity contribution in [3.8, 4) is 17.8 Å². The fourth-order valence-electron chi connectivity index (χ4n) is 1.97. The SMILES string of the molecule is Cc1cc(C)c(Oc2nc(Cl)nc(OCCBr)n2)c(C)c1. The highest BCUT2D eigenvalue weighted by atomic mass is 79.9. The minimum Gasteiger partial charge on any atom is -0.462 e. The van der Waals surface area contributed by atoms with Crippen molar-refractivity contribution < 1.29 is 9.47 Å². The average Bonchev–Trinajstić information content (AvgIpc) is 2.40. The van der Waals surface area contributed by atoms with E-state index in [2.05, 4.69) is 30.9 Å². The Kier molecular flexibility index (Phi) is 5.36. The summed E-state index contributed by atoms with van der Waals surface area (Å²) in [6.07, 6.45) is 0. The fourth-order valence-corrected chi connectivity index (χ4v) is 2.28. The normalized spacial score (nSPS) is 10.5. The van der Waals surface area contributed by atoms with E-state index >= 15 is 0 Å². The number of hydrogen-bond acceptors (Lipinski definition) is 5. The van der Waals surface area contributed by atoms with Crippen molar-refractivity contribution in [3.63, 3.8) is 0 Å². The molecule has 21 heavy (non-hydrogen) atoms. The van der Waals surface area contributed by atoms with E-state index in [1.54, 1.807) is 0 Å². The molecule has 2 aromatic rings. The lowest BCUT2D eigenvalue weighted by Crippen LogP contribution is -2.05. The minimum atomic E-state index is 0.0343. The van der Waals surface area contributed by atoms with Crippen LogP contribution in [0.1, 0.15) is 16.7 Å². The van der Waals surface area contributed by atoms with Crippen molar-refractivity contribution in [2.24, 2.45) is 0 Å². The van der Waals surface area contributed by atoms with E-state index in [-0.39, 0.29) is 17.3 Å². The molecule has 2 rings (SSSR count). The highest BCUT2D eigenvalue weighted by Gasteiger charge is 2.12. The zero-order chi connectivity index (χ0) is 15.4. The Hall–Kier alpha value is -1.40. The molecule has 0 unspecified atom stereocenters. The van der Waals surface area contributed by atoms with E-state index in [1.807, 2.05) is 32.9 Å². The van der Waals surface area contributed by atoms with Gasteiger partial charge in [-0.15, -0.1) is 4.98 Å². The molecule has 0 amide bonds. The second-order valence-corrected chi connectivity index (χ2v) is 5.67. The molecule has 112 valence electrons. The summed E-state index contributed by atoms with van der Waals surface area (Å²) in [5.41, 5.74) is 3.19. The lowest BCUT2D eigenvalue weighted by molar-refractivity contribution is 0.306. The first-order valence-corrected chi connectivity index (χ1v) is 7.85. The third-order valence-corrected chi connectivity index (χ3v) is 3.17. The number of benzene rings is 1. The molecule has 0 aliphatic heterocycles. The number of alkyl halides is 1. The van der Waals surface area contributed by atoms with E-state index in [9.17, 15) is 0 Å². The highest BCUT2D eigenvalue weighted by Crippen LogP contribution is 2.28. The molecule has 7 heteroatoms. The van der Waals surface area contributed by atoms with Crippen molar-refractivity contribution in [3.05, 3.63) is 34.1 Å². The van der Waals surface area contributed by atoms with Crippen LogP contribution in [0.3, 0.4) is 0 Å². The van der Waals surface area contributed by atoms with Crippen LogP contribution in [0.5, 0.6) is 17.8 Å². The number of aryl methyl sites for hydroxylation is 3. The van der Waals surface area contributed by atoms with E-state index in [0.29, 0.717) is 17.7 Å². The molecule has 0 saturated heterocycles. The molecule has 1 aromatic heterocycles. The second-order valence-electron chi connectivity index (χ2n) is 4.54. The van der Waals surface area contributed by atoms with Gasteiger partial charge in [-0.05, 0) is 43.5 Å². The maximum Gasteiger partial charge on any atom is 0.329 e. The summed E-state index contributed by atoms with van der Waals surface area (Å²) in [5, 5.41) is 0.704. The molecule has 0 saturated carbocycles. The molecule has 0 N–H and O–H groups in total. The first kappa shape index (κ1) is 16.0. The zero-order valence-corrected chi connectivity index (χ0v) is 14.3. The van der Waals surface area contributed by atoms with Crippen molar-refractivity contribution in [2.45, 2.75) is 20.8 Å². The summed E-state index contributed by atoms with van der Waals surface area (Å²) in [7, 11) is 0. The van der Waals surface area contributed by atoms with Crippen LogP contribution < -0.4 is 9.47 Å². The molecule has 5 nitrogen and oxygen atoms in total. The molecule has 0 aliphatic carbocycles. The molecule has 1 heterocycles. The molecular weight excluding hydrogens is 358 g/mol. The van der Waals surface area contributed by atoms with Gasteiger partial charge in [0.2, 0.25) is 5.28 Å². The van der Waals surface area contributed by atoms with Gasteiger partial charge in [0.05, 0.1) is 0 Å². The van der Waals surface area contributed by atoms with Gasteiger partial charge in [-0.25, -0.2) is 0 Å². The van der Waals surface area contributed by atoms with Gasteiger partial charge in [0.1, 0.15) is 12.4 Å². The van der Waals surface area contributed by atoms with Gasteiger partial charge in [-0.1, -0.05) is 33.6 Å². The van der Waals surface area contributed by atoms with Crippen LogP contribution in [0.2, 0.25) is 5.28 Å². The largest absolute Gasteiger partial charge is 0.462 e. The Balaban J connectivity index is 2.29. The van der Waals surface area contributed by atoms with Gasteiger partial charge in [0.15, 0.2) is 0 Å². The summed E-state index contributed by atoms with van der Waals surface area (Å²) in [6.45, 7) is 6.42. The molecule has 0 aliphatic rings. The number of rotatable bonds is 5. The van der Waals surface area contributed by atoms with Crippen LogP contribution in [0.15, 0.2) is 12.1 Å². The maximum absolute atomic E-state index is 5.87. The Morgan fingerprint density at radius 3 is 2.29 bits per heavy atom. The van der Waals surface area contributed by atoms with Crippen LogP contribution in [-0.2, 0) is 0 Å². The number of halogens is 2. The number of hydrogen-bond donors (Lipinski definition) is 0. The molecule has 1 aromatic carbocycles. The Labute approximate surface area is 136 Å². The molecule has 0 atom stereocenters. The van der Waals surface area contributed by atoms with Crippen LogP contribution >= 0.6 is 27.5 Å². The third-order valence-electron chi connectivity index (χ3n) is 2.67. The minimum absolute atomic E-state index is 0.0343. The first-order chi connectivity index (χ1) is 9.99. The summed E-state index contributed by atoms with van der Waals surface area (Å²) in [5.74, 6) is 0.717. The lowest BCUT2D eigenvalue weighted by atomic mass is 10.1.